The summed E-state index contributed by atoms with van der Waals surface area (Å²) >= 11 is 0. The maximum atomic E-state index is 12.8. The SMILES string of the molecule is CC1CCC(CN)(C(=O)N2CCC[C@H](C(=O)O)C2)CC1. The summed E-state index contributed by atoms with van der Waals surface area (Å²) in [6.45, 7) is 3.63. The molecule has 2 fully saturated rings. The Balaban J connectivity index is 2.06. The van der Waals surface area contributed by atoms with Gasteiger partial charge in [-0.05, 0) is 44.4 Å². The lowest BCUT2D eigenvalue weighted by molar-refractivity contribution is -0.150. The summed E-state index contributed by atoms with van der Waals surface area (Å²) in [4.78, 5) is 25.7. The van der Waals surface area contributed by atoms with Gasteiger partial charge in [-0.25, -0.2) is 0 Å². The van der Waals surface area contributed by atoms with E-state index in [1.54, 1.807) is 4.90 Å². The zero-order chi connectivity index (χ0) is 14.8. The normalized spacial score (nSPS) is 34.8. The van der Waals surface area contributed by atoms with Crippen molar-refractivity contribution in [1.29, 1.82) is 0 Å². The molecule has 2 rings (SSSR count). The van der Waals surface area contributed by atoms with Gasteiger partial charge in [0.15, 0.2) is 0 Å². The maximum absolute atomic E-state index is 12.8. The molecular weight excluding hydrogens is 256 g/mol. The molecule has 1 amide bonds. The van der Waals surface area contributed by atoms with Crippen molar-refractivity contribution < 1.29 is 14.7 Å². The highest BCUT2D eigenvalue weighted by Gasteiger charge is 2.43. The molecule has 0 aromatic carbocycles. The second kappa shape index (κ2) is 6.12. The first-order valence-electron chi connectivity index (χ1n) is 7.71. The van der Waals surface area contributed by atoms with Gasteiger partial charge in [0.1, 0.15) is 0 Å². The smallest absolute Gasteiger partial charge is 0.308 e. The van der Waals surface area contributed by atoms with Crippen LogP contribution >= 0.6 is 0 Å². The third-order valence-electron chi connectivity index (χ3n) is 5.13. The number of carbonyl (C=O) groups excluding carboxylic acids is 1. The molecule has 1 saturated carbocycles. The predicted molar refractivity (Wildman–Crippen MR) is 76.1 cm³/mol. The lowest BCUT2D eigenvalue weighted by atomic mass is 9.69. The van der Waals surface area contributed by atoms with E-state index in [4.69, 9.17) is 10.8 Å². The molecule has 5 heteroatoms. The van der Waals surface area contributed by atoms with E-state index in [1.165, 1.54) is 0 Å². The number of carboxylic acids is 1. The maximum Gasteiger partial charge on any atom is 0.308 e. The molecule has 0 bridgehead atoms. The van der Waals surface area contributed by atoms with E-state index >= 15 is 0 Å². The third-order valence-corrected chi connectivity index (χ3v) is 5.13. The standard InChI is InChI=1S/C15H26N2O3/c1-11-4-6-15(10-16,7-5-11)14(20)17-8-2-3-12(9-17)13(18)19/h11-12H,2-10,16H2,1H3,(H,18,19)/t11?,12-,15?/m0/s1. The molecule has 3 N–H and O–H groups in total. The number of aliphatic carboxylic acids is 1. The van der Waals surface area contributed by atoms with Gasteiger partial charge in [0.05, 0.1) is 11.3 Å². The van der Waals surface area contributed by atoms with Crippen molar-refractivity contribution in [3.8, 4) is 0 Å². The Morgan fingerprint density at radius 1 is 1.30 bits per heavy atom. The van der Waals surface area contributed by atoms with E-state index in [-0.39, 0.29) is 5.91 Å². The van der Waals surface area contributed by atoms with Gasteiger partial charge in [0.2, 0.25) is 5.91 Å². The van der Waals surface area contributed by atoms with Crippen molar-refractivity contribution in [3.05, 3.63) is 0 Å². The fourth-order valence-electron chi connectivity index (χ4n) is 3.52. The third kappa shape index (κ3) is 2.97. The molecule has 0 aromatic heterocycles. The molecule has 5 nitrogen and oxygen atoms in total. The Labute approximate surface area is 120 Å². The van der Waals surface area contributed by atoms with E-state index in [0.29, 0.717) is 32.0 Å². The van der Waals surface area contributed by atoms with Gasteiger partial charge >= 0.3 is 5.97 Å². The number of nitrogens with zero attached hydrogens (tertiary/aromatic N) is 1. The summed E-state index contributed by atoms with van der Waals surface area (Å²) in [5, 5.41) is 9.14. The highest BCUT2D eigenvalue weighted by atomic mass is 16.4. The van der Waals surface area contributed by atoms with Crippen LogP contribution in [0.1, 0.15) is 45.4 Å². The van der Waals surface area contributed by atoms with Crippen LogP contribution < -0.4 is 5.73 Å². The molecule has 0 spiro atoms. The van der Waals surface area contributed by atoms with Crippen LogP contribution in [0.15, 0.2) is 0 Å². The molecule has 0 radical (unpaired) electrons. The van der Waals surface area contributed by atoms with Gasteiger partial charge in [-0.2, -0.15) is 0 Å². The van der Waals surface area contributed by atoms with Crippen molar-refractivity contribution in [2.24, 2.45) is 23.0 Å². The average Bonchev–Trinajstić information content (AvgIpc) is 2.48. The molecule has 0 unspecified atom stereocenters. The number of amides is 1. The Morgan fingerprint density at radius 2 is 1.95 bits per heavy atom. The van der Waals surface area contributed by atoms with Gasteiger partial charge in [0, 0.05) is 19.6 Å². The number of nitrogens with two attached hydrogens (primary N) is 1. The Morgan fingerprint density at radius 3 is 2.50 bits per heavy atom. The molecule has 1 heterocycles. The molecule has 1 aliphatic carbocycles. The van der Waals surface area contributed by atoms with Gasteiger partial charge in [0.25, 0.3) is 0 Å². The molecule has 20 heavy (non-hydrogen) atoms. The zero-order valence-corrected chi connectivity index (χ0v) is 12.3. The van der Waals surface area contributed by atoms with E-state index in [1.807, 2.05) is 0 Å². The van der Waals surface area contributed by atoms with Gasteiger partial charge in [-0.15, -0.1) is 0 Å². The quantitative estimate of drug-likeness (QED) is 0.821. The van der Waals surface area contributed by atoms with E-state index in [2.05, 4.69) is 6.92 Å². The number of carbonyl (C=O) groups is 2. The van der Waals surface area contributed by atoms with Crippen LogP contribution in [-0.2, 0) is 9.59 Å². The molecule has 1 saturated heterocycles. The number of hydrogen-bond acceptors (Lipinski definition) is 3. The van der Waals surface area contributed by atoms with Crippen LogP contribution in [-0.4, -0.2) is 41.5 Å². The van der Waals surface area contributed by atoms with Crippen molar-refractivity contribution >= 4 is 11.9 Å². The van der Waals surface area contributed by atoms with Crippen LogP contribution in [0.25, 0.3) is 0 Å². The largest absolute Gasteiger partial charge is 0.481 e. The minimum atomic E-state index is -0.790. The number of likely N-dealkylation sites (tertiary alicyclic amines) is 1. The van der Waals surface area contributed by atoms with E-state index < -0.39 is 17.3 Å². The monoisotopic (exact) mass is 282 g/mol. The number of piperidine rings is 1. The van der Waals surface area contributed by atoms with E-state index in [0.717, 1.165) is 32.1 Å². The van der Waals surface area contributed by atoms with Crippen molar-refractivity contribution in [2.75, 3.05) is 19.6 Å². The second-order valence-electron chi connectivity index (χ2n) is 6.60. The lowest BCUT2D eigenvalue weighted by Gasteiger charge is -2.42. The van der Waals surface area contributed by atoms with Crippen LogP contribution in [0.4, 0.5) is 0 Å². The van der Waals surface area contributed by atoms with Crippen LogP contribution in [0, 0.1) is 17.3 Å². The number of hydrogen-bond donors (Lipinski definition) is 2. The lowest BCUT2D eigenvalue weighted by Crippen LogP contribution is -2.53. The first-order valence-corrected chi connectivity index (χ1v) is 7.71. The van der Waals surface area contributed by atoms with Crippen molar-refractivity contribution in [2.45, 2.75) is 45.4 Å². The topological polar surface area (TPSA) is 83.6 Å². The second-order valence-corrected chi connectivity index (χ2v) is 6.60. The van der Waals surface area contributed by atoms with E-state index in [9.17, 15) is 9.59 Å². The van der Waals surface area contributed by atoms with Gasteiger partial charge in [-0.1, -0.05) is 6.92 Å². The highest BCUT2D eigenvalue weighted by molar-refractivity contribution is 5.84. The molecular formula is C15H26N2O3. The predicted octanol–water partition coefficient (Wildman–Crippen LogP) is 1.46. The molecule has 0 aromatic rings. The van der Waals surface area contributed by atoms with Crippen molar-refractivity contribution in [1.82, 2.24) is 4.90 Å². The molecule has 2 aliphatic rings. The first kappa shape index (κ1) is 15.3. The van der Waals surface area contributed by atoms with Gasteiger partial charge in [-0.3, -0.25) is 9.59 Å². The summed E-state index contributed by atoms with van der Waals surface area (Å²) in [6, 6.07) is 0. The molecule has 114 valence electrons. The highest BCUT2D eigenvalue weighted by Crippen LogP contribution is 2.40. The molecule has 1 aliphatic heterocycles. The zero-order valence-electron chi connectivity index (χ0n) is 12.3. The average molecular weight is 282 g/mol. The summed E-state index contributed by atoms with van der Waals surface area (Å²) < 4.78 is 0. The van der Waals surface area contributed by atoms with Crippen LogP contribution in [0.3, 0.4) is 0 Å². The van der Waals surface area contributed by atoms with Crippen molar-refractivity contribution in [3.63, 3.8) is 0 Å². The minimum absolute atomic E-state index is 0.0952. The summed E-state index contributed by atoms with van der Waals surface area (Å²) in [5.41, 5.74) is 5.48. The van der Waals surface area contributed by atoms with Gasteiger partial charge < -0.3 is 15.7 Å². The number of carboxylic acid groups (broad SMARTS) is 1. The fourth-order valence-corrected chi connectivity index (χ4v) is 3.52. The Hall–Kier alpha value is -1.10. The first-order chi connectivity index (χ1) is 9.48. The summed E-state index contributed by atoms with van der Waals surface area (Å²) in [5.74, 6) is -0.444. The van der Waals surface area contributed by atoms with Crippen LogP contribution in [0.2, 0.25) is 0 Å². The molecule has 1 atom stereocenters. The minimum Gasteiger partial charge on any atom is -0.481 e. The van der Waals surface area contributed by atoms with Crippen LogP contribution in [0.5, 0.6) is 0 Å². The Bertz CT molecular complexity index is 375. The summed E-state index contributed by atoms with van der Waals surface area (Å²) in [7, 11) is 0. The fraction of sp³-hybridized carbons (Fsp3) is 0.867. The summed E-state index contributed by atoms with van der Waals surface area (Å²) in [6.07, 6.45) is 5.22. The number of rotatable bonds is 3. The Kier molecular flexibility index (Phi) is 4.68.